The first-order valence-electron chi connectivity index (χ1n) is 13.6. The quantitative estimate of drug-likeness (QED) is 0.500. The number of ether oxygens (including phenoxy) is 2. The van der Waals surface area contributed by atoms with Crippen LogP contribution in [0.1, 0.15) is 100 Å². The van der Waals surface area contributed by atoms with Crippen LogP contribution in [0.4, 0.5) is 5.69 Å². The molecule has 1 aromatic rings. The summed E-state index contributed by atoms with van der Waals surface area (Å²) in [6.07, 6.45) is 6.94. The van der Waals surface area contributed by atoms with E-state index in [1.54, 1.807) is 0 Å². The first-order chi connectivity index (χ1) is 17.0. The maximum Gasteiger partial charge on any atom is 0.348 e. The summed E-state index contributed by atoms with van der Waals surface area (Å²) in [7, 11) is 0. The van der Waals surface area contributed by atoms with Crippen molar-refractivity contribution in [2.75, 3.05) is 24.7 Å². The van der Waals surface area contributed by atoms with Gasteiger partial charge in [0.25, 0.3) is 0 Å². The highest BCUT2D eigenvalue weighted by Gasteiger charge is 2.41. The van der Waals surface area contributed by atoms with E-state index in [9.17, 15) is 19.8 Å². The number of carboxylic acids is 1. The van der Waals surface area contributed by atoms with Gasteiger partial charge in [-0.15, -0.1) is 11.3 Å². The summed E-state index contributed by atoms with van der Waals surface area (Å²) in [4.78, 5) is 29.4. The highest BCUT2D eigenvalue weighted by molar-refractivity contribution is 7.14. The second kappa shape index (κ2) is 11.1. The van der Waals surface area contributed by atoms with Crippen molar-refractivity contribution in [3.05, 3.63) is 15.8 Å². The molecule has 1 atom stereocenters. The Morgan fingerprint density at radius 2 is 1.81 bits per heavy atom. The molecule has 1 aliphatic heterocycles. The van der Waals surface area contributed by atoms with Crippen LogP contribution in [-0.4, -0.2) is 59.7 Å². The third-order valence-corrected chi connectivity index (χ3v) is 9.77. The van der Waals surface area contributed by atoms with E-state index < -0.39 is 11.6 Å². The molecule has 7 nitrogen and oxygen atoms in total. The van der Waals surface area contributed by atoms with Crippen molar-refractivity contribution < 1.29 is 29.3 Å². The number of nitrogens with zero attached hydrogens (tertiary/aromatic N) is 1. The van der Waals surface area contributed by atoms with Crippen molar-refractivity contribution in [2.24, 2.45) is 11.8 Å². The van der Waals surface area contributed by atoms with E-state index in [4.69, 9.17) is 9.47 Å². The summed E-state index contributed by atoms with van der Waals surface area (Å²) in [6.45, 7) is 9.99. The molecule has 2 aliphatic carbocycles. The van der Waals surface area contributed by atoms with Gasteiger partial charge in [0, 0.05) is 23.4 Å². The molecule has 0 unspecified atom stereocenters. The van der Waals surface area contributed by atoms with Gasteiger partial charge in [0.2, 0.25) is 5.91 Å². The Hall–Kier alpha value is -1.48. The van der Waals surface area contributed by atoms with Gasteiger partial charge in [-0.2, -0.15) is 0 Å². The SMILES string of the molecule is CC1CCC(C(=O)N(c2cc(C(C)(C)C)sc2C(=O)O)C2CCC(O)(CO[C@H]3CCOC3)CC2)CC1. The molecule has 0 aromatic carbocycles. The van der Waals surface area contributed by atoms with Crippen LogP contribution in [0.15, 0.2) is 6.07 Å². The Labute approximate surface area is 219 Å². The van der Waals surface area contributed by atoms with E-state index in [1.807, 2.05) is 11.0 Å². The molecule has 8 heteroatoms. The smallest absolute Gasteiger partial charge is 0.348 e. The van der Waals surface area contributed by atoms with Gasteiger partial charge >= 0.3 is 5.97 Å². The van der Waals surface area contributed by atoms with Crippen molar-refractivity contribution in [1.29, 1.82) is 0 Å². The lowest BCUT2D eigenvalue weighted by molar-refractivity contribution is -0.125. The summed E-state index contributed by atoms with van der Waals surface area (Å²) >= 11 is 1.28. The zero-order valence-electron chi connectivity index (χ0n) is 22.3. The number of aliphatic hydroxyl groups is 1. The zero-order valence-corrected chi connectivity index (χ0v) is 23.1. The predicted molar refractivity (Wildman–Crippen MR) is 141 cm³/mol. The molecule has 2 N–H and O–H groups in total. The fourth-order valence-electron chi connectivity index (χ4n) is 5.74. The minimum absolute atomic E-state index is 0.0401. The number of carbonyl (C=O) groups is 2. The van der Waals surface area contributed by atoms with E-state index in [0.717, 1.165) is 37.0 Å². The first-order valence-corrected chi connectivity index (χ1v) is 14.4. The average Bonchev–Trinajstić information content (AvgIpc) is 3.50. The third kappa shape index (κ3) is 6.32. The zero-order chi connectivity index (χ0) is 26.1. The summed E-state index contributed by atoms with van der Waals surface area (Å²) in [6, 6.07) is 1.80. The molecule has 3 aliphatic rings. The van der Waals surface area contributed by atoms with Crippen LogP contribution in [-0.2, 0) is 19.7 Å². The van der Waals surface area contributed by atoms with Gasteiger partial charge in [-0.3, -0.25) is 4.79 Å². The Balaban J connectivity index is 1.57. The third-order valence-electron chi connectivity index (χ3n) is 8.23. The monoisotopic (exact) mass is 521 g/mol. The van der Waals surface area contributed by atoms with E-state index in [2.05, 4.69) is 27.7 Å². The lowest BCUT2D eigenvalue weighted by Crippen LogP contribution is -2.50. The number of hydrogen-bond donors (Lipinski definition) is 2. The normalized spacial score (nSPS) is 31.4. The van der Waals surface area contributed by atoms with Gasteiger partial charge in [0.1, 0.15) is 4.88 Å². The van der Waals surface area contributed by atoms with Crippen molar-refractivity contribution in [1.82, 2.24) is 0 Å². The van der Waals surface area contributed by atoms with Crippen molar-refractivity contribution in [3.8, 4) is 0 Å². The Morgan fingerprint density at radius 1 is 1.14 bits per heavy atom. The van der Waals surface area contributed by atoms with Crippen LogP contribution >= 0.6 is 11.3 Å². The largest absolute Gasteiger partial charge is 0.477 e. The number of carboxylic acid groups (broad SMARTS) is 1. The van der Waals surface area contributed by atoms with Gasteiger partial charge in [-0.25, -0.2) is 4.79 Å². The molecule has 1 aromatic heterocycles. The van der Waals surface area contributed by atoms with Crippen molar-refractivity contribution >= 4 is 28.9 Å². The predicted octanol–water partition coefficient (Wildman–Crippen LogP) is 5.38. The molecule has 3 fully saturated rings. The lowest BCUT2D eigenvalue weighted by Gasteiger charge is -2.42. The van der Waals surface area contributed by atoms with E-state index in [0.29, 0.717) is 50.5 Å². The number of amides is 1. The highest BCUT2D eigenvalue weighted by atomic mass is 32.1. The topological polar surface area (TPSA) is 96.3 Å². The second-order valence-electron chi connectivity index (χ2n) is 12.3. The molecule has 1 saturated heterocycles. The summed E-state index contributed by atoms with van der Waals surface area (Å²) in [5.74, 6) is -0.384. The molecule has 0 radical (unpaired) electrons. The molecule has 1 amide bonds. The number of carbonyl (C=O) groups excluding carboxylic acids is 1. The van der Waals surface area contributed by atoms with Crippen LogP contribution < -0.4 is 4.90 Å². The number of hydrogen-bond acceptors (Lipinski definition) is 6. The molecule has 0 bridgehead atoms. The van der Waals surface area contributed by atoms with Crippen molar-refractivity contribution in [2.45, 2.75) is 109 Å². The highest BCUT2D eigenvalue weighted by Crippen LogP contribution is 2.43. The molecular weight excluding hydrogens is 478 g/mol. The fraction of sp³-hybridized carbons (Fsp3) is 0.786. The van der Waals surface area contributed by atoms with Crippen molar-refractivity contribution in [3.63, 3.8) is 0 Å². The van der Waals surface area contributed by atoms with Gasteiger partial charge in [-0.05, 0) is 75.2 Å². The number of thiophene rings is 1. The minimum atomic E-state index is -0.986. The number of aromatic carboxylic acids is 1. The van der Waals surface area contributed by atoms with Gasteiger partial charge in [-0.1, -0.05) is 27.7 Å². The lowest BCUT2D eigenvalue weighted by atomic mass is 9.79. The van der Waals surface area contributed by atoms with E-state index in [1.165, 1.54) is 11.3 Å². The molecule has 4 rings (SSSR count). The number of anilines is 1. The standard InChI is InChI=1S/C28H43NO6S/c1-18-5-7-19(8-6-18)25(30)29(22-15-23(27(2,3)4)36-24(22)26(31)32)20-9-12-28(33,13-10-20)17-35-21-11-14-34-16-21/h15,18-21,33H,5-14,16-17H2,1-4H3,(H,31,32)/t18?,19?,20?,21-,28?/m0/s1. The Kier molecular flexibility index (Phi) is 8.49. The second-order valence-corrected chi connectivity index (χ2v) is 13.3. The maximum absolute atomic E-state index is 14.0. The maximum atomic E-state index is 14.0. The number of rotatable bonds is 7. The van der Waals surface area contributed by atoms with Gasteiger partial charge in [0.15, 0.2) is 0 Å². The summed E-state index contributed by atoms with van der Waals surface area (Å²) in [5.41, 5.74) is -0.596. The fourth-order valence-corrected chi connectivity index (χ4v) is 6.79. The van der Waals surface area contributed by atoms with Crippen LogP contribution in [0.3, 0.4) is 0 Å². The van der Waals surface area contributed by atoms with Crippen LogP contribution in [0.2, 0.25) is 0 Å². The van der Waals surface area contributed by atoms with E-state index >= 15 is 0 Å². The molecule has 202 valence electrons. The molecule has 0 spiro atoms. The molecule has 2 saturated carbocycles. The van der Waals surface area contributed by atoms with Crippen LogP contribution in [0.5, 0.6) is 0 Å². The van der Waals surface area contributed by atoms with Gasteiger partial charge in [0.05, 0.1) is 30.6 Å². The Bertz CT molecular complexity index is 915. The Morgan fingerprint density at radius 3 is 2.36 bits per heavy atom. The molecular formula is C28H43NO6S. The van der Waals surface area contributed by atoms with E-state index in [-0.39, 0.29) is 40.9 Å². The first kappa shape index (κ1) is 27.6. The molecule has 36 heavy (non-hydrogen) atoms. The van der Waals surface area contributed by atoms with Gasteiger partial charge < -0.3 is 24.6 Å². The minimum Gasteiger partial charge on any atom is -0.477 e. The summed E-state index contributed by atoms with van der Waals surface area (Å²) in [5, 5.41) is 21.3. The molecule has 2 heterocycles. The van der Waals surface area contributed by atoms with Crippen LogP contribution in [0.25, 0.3) is 0 Å². The summed E-state index contributed by atoms with van der Waals surface area (Å²) < 4.78 is 11.3. The van der Waals surface area contributed by atoms with Crippen LogP contribution in [0, 0.1) is 11.8 Å². The average molecular weight is 522 g/mol.